The molecular weight excluding hydrogens is 576 g/mol. The largest absolute Gasteiger partial charge is 0.325 e. The molecule has 0 unspecified atom stereocenters. The van der Waals surface area contributed by atoms with E-state index in [1.165, 1.54) is 30.0 Å². The van der Waals surface area contributed by atoms with E-state index < -0.39 is 16.7 Å². The molecular formula is C31H25ClN4O5S. The summed E-state index contributed by atoms with van der Waals surface area (Å²) in [6.45, 7) is 1.75. The smallest absolute Gasteiger partial charge is 0.272 e. The lowest BCUT2D eigenvalue weighted by atomic mass is 10.1. The minimum absolute atomic E-state index is 0.0123. The summed E-state index contributed by atoms with van der Waals surface area (Å²) >= 11 is 7.52. The van der Waals surface area contributed by atoms with Crippen LogP contribution >= 0.6 is 23.4 Å². The number of halogens is 1. The maximum atomic E-state index is 13.3. The van der Waals surface area contributed by atoms with Crippen molar-refractivity contribution < 1.29 is 19.3 Å². The van der Waals surface area contributed by atoms with Crippen molar-refractivity contribution in [2.45, 2.75) is 11.8 Å². The predicted octanol–water partition coefficient (Wildman–Crippen LogP) is 6.70. The molecule has 4 aromatic carbocycles. The van der Waals surface area contributed by atoms with Gasteiger partial charge in [-0.3, -0.25) is 24.5 Å². The van der Waals surface area contributed by atoms with Gasteiger partial charge in [-0.15, -0.1) is 11.8 Å². The molecule has 3 amide bonds. The molecule has 42 heavy (non-hydrogen) atoms. The summed E-state index contributed by atoms with van der Waals surface area (Å²) in [6.07, 6.45) is 1.50. The molecule has 9 nitrogen and oxygen atoms in total. The van der Waals surface area contributed by atoms with Crippen LogP contribution in [0, 0.1) is 17.0 Å². The van der Waals surface area contributed by atoms with Crippen molar-refractivity contribution in [3.8, 4) is 0 Å². The van der Waals surface area contributed by atoms with E-state index in [9.17, 15) is 24.5 Å². The summed E-state index contributed by atoms with van der Waals surface area (Å²) in [6, 6.07) is 26.6. The normalized spacial score (nSPS) is 11.0. The Kier molecular flexibility index (Phi) is 10.1. The number of benzene rings is 4. The monoisotopic (exact) mass is 600 g/mol. The topological polar surface area (TPSA) is 130 Å². The third kappa shape index (κ3) is 8.29. The summed E-state index contributed by atoms with van der Waals surface area (Å²) in [5, 5.41) is 19.6. The maximum Gasteiger partial charge on any atom is 0.272 e. The number of anilines is 2. The molecule has 0 spiro atoms. The number of non-ortho nitro benzene ring substituents is 1. The number of carbonyl (C=O) groups is 3. The van der Waals surface area contributed by atoms with E-state index in [0.717, 1.165) is 0 Å². The van der Waals surface area contributed by atoms with Crippen molar-refractivity contribution in [2.24, 2.45) is 0 Å². The van der Waals surface area contributed by atoms with Gasteiger partial charge in [-0.2, -0.15) is 0 Å². The Balaban J connectivity index is 1.45. The maximum absolute atomic E-state index is 13.3. The van der Waals surface area contributed by atoms with E-state index in [4.69, 9.17) is 11.6 Å². The number of aryl methyl sites for hydroxylation is 1. The molecule has 0 bridgehead atoms. The van der Waals surface area contributed by atoms with Gasteiger partial charge in [-0.05, 0) is 60.5 Å². The standard InChI is InChI=1S/C31H25ClN4O5S/c1-20-14-15-24(36(40)41)18-27(20)34-29(37)19-42-25-12-7-11-23(17-25)33-31(39)28(16-22-10-5-6-13-26(22)32)35-30(38)21-8-3-2-4-9-21/h2-18H,19H2,1H3,(H,33,39)(H,34,37)(H,35,38)/b28-16+. The molecule has 0 saturated heterocycles. The number of hydrogen-bond donors (Lipinski definition) is 3. The molecule has 0 heterocycles. The second kappa shape index (κ2) is 14.1. The zero-order valence-corrected chi connectivity index (χ0v) is 23.9. The fourth-order valence-corrected chi connectivity index (χ4v) is 4.69. The number of thioether (sulfide) groups is 1. The molecule has 4 aromatic rings. The van der Waals surface area contributed by atoms with Gasteiger partial charge in [0.1, 0.15) is 5.70 Å². The zero-order chi connectivity index (χ0) is 30.1. The Morgan fingerprint density at radius 3 is 2.38 bits per heavy atom. The van der Waals surface area contributed by atoms with Crippen LogP contribution in [0.3, 0.4) is 0 Å². The van der Waals surface area contributed by atoms with Gasteiger partial charge in [0.2, 0.25) is 5.91 Å². The van der Waals surface area contributed by atoms with Crippen LogP contribution in [0.25, 0.3) is 6.08 Å². The summed E-state index contributed by atoms with van der Waals surface area (Å²) in [5.74, 6) is -1.34. The van der Waals surface area contributed by atoms with Gasteiger partial charge in [-0.25, -0.2) is 0 Å². The number of amides is 3. The second-order valence-electron chi connectivity index (χ2n) is 8.97. The Morgan fingerprint density at radius 2 is 1.64 bits per heavy atom. The highest BCUT2D eigenvalue weighted by Gasteiger charge is 2.16. The molecule has 0 aliphatic carbocycles. The average Bonchev–Trinajstić information content (AvgIpc) is 2.98. The van der Waals surface area contributed by atoms with Crippen LogP contribution in [-0.2, 0) is 9.59 Å². The third-order valence-corrected chi connectivity index (χ3v) is 7.24. The van der Waals surface area contributed by atoms with Gasteiger partial charge >= 0.3 is 0 Å². The SMILES string of the molecule is Cc1ccc([N+](=O)[O-])cc1NC(=O)CSc1cccc(NC(=O)/C(=C\c2ccccc2Cl)NC(=O)c2ccccc2)c1. The van der Waals surface area contributed by atoms with Crippen LogP contribution in [0.4, 0.5) is 17.1 Å². The molecule has 0 aromatic heterocycles. The number of rotatable bonds is 10. The fourth-order valence-electron chi connectivity index (χ4n) is 3.75. The minimum Gasteiger partial charge on any atom is -0.325 e. The van der Waals surface area contributed by atoms with E-state index in [1.807, 2.05) is 0 Å². The van der Waals surface area contributed by atoms with Crippen LogP contribution < -0.4 is 16.0 Å². The molecule has 0 atom stereocenters. The quantitative estimate of drug-likeness (QED) is 0.0804. The first-order chi connectivity index (χ1) is 20.2. The first kappa shape index (κ1) is 30.0. The van der Waals surface area contributed by atoms with Gasteiger partial charge in [0, 0.05) is 33.3 Å². The van der Waals surface area contributed by atoms with Crippen molar-refractivity contribution >= 4 is 64.2 Å². The molecule has 3 N–H and O–H groups in total. The Labute approximate surface area is 251 Å². The Morgan fingerprint density at radius 1 is 0.905 bits per heavy atom. The highest BCUT2D eigenvalue weighted by molar-refractivity contribution is 8.00. The molecule has 11 heteroatoms. The van der Waals surface area contributed by atoms with E-state index in [1.54, 1.807) is 91.9 Å². The third-order valence-electron chi connectivity index (χ3n) is 5.90. The zero-order valence-electron chi connectivity index (χ0n) is 22.3. The van der Waals surface area contributed by atoms with Gasteiger partial charge in [-0.1, -0.05) is 60.1 Å². The van der Waals surface area contributed by atoms with Gasteiger partial charge < -0.3 is 16.0 Å². The highest BCUT2D eigenvalue weighted by Crippen LogP contribution is 2.25. The summed E-state index contributed by atoms with van der Waals surface area (Å²) in [7, 11) is 0. The highest BCUT2D eigenvalue weighted by atomic mass is 35.5. The number of nitrogens with one attached hydrogen (secondary N) is 3. The van der Waals surface area contributed by atoms with Gasteiger partial charge in [0.15, 0.2) is 0 Å². The molecule has 212 valence electrons. The number of nitro groups is 1. The van der Waals surface area contributed by atoms with Crippen molar-refractivity contribution in [2.75, 3.05) is 16.4 Å². The van der Waals surface area contributed by atoms with Crippen LogP contribution in [0.2, 0.25) is 5.02 Å². The van der Waals surface area contributed by atoms with Crippen molar-refractivity contribution in [1.82, 2.24) is 5.32 Å². The fraction of sp³-hybridized carbons (Fsp3) is 0.0645. The predicted molar refractivity (Wildman–Crippen MR) is 166 cm³/mol. The summed E-state index contributed by atoms with van der Waals surface area (Å²) in [5.41, 5.74) is 2.31. The molecule has 0 aliphatic heterocycles. The van der Waals surface area contributed by atoms with Gasteiger partial charge in [0.25, 0.3) is 17.5 Å². The first-order valence-electron chi connectivity index (χ1n) is 12.6. The molecule has 4 rings (SSSR count). The number of hydrogen-bond acceptors (Lipinski definition) is 6. The van der Waals surface area contributed by atoms with E-state index in [-0.39, 0.29) is 23.0 Å². The first-order valence-corrected chi connectivity index (χ1v) is 14.0. The van der Waals surface area contributed by atoms with Crippen LogP contribution in [0.15, 0.2) is 108 Å². The molecule has 0 radical (unpaired) electrons. The summed E-state index contributed by atoms with van der Waals surface area (Å²) in [4.78, 5) is 50.0. The molecule has 0 aliphatic rings. The van der Waals surface area contributed by atoms with Crippen molar-refractivity contribution in [3.05, 3.63) is 135 Å². The van der Waals surface area contributed by atoms with E-state index >= 15 is 0 Å². The lowest BCUT2D eigenvalue weighted by Crippen LogP contribution is -2.30. The van der Waals surface area contributed by atoms with Crippen LogP contribution in [0.1, 0.15) is 21.5 Å². The Bertz CT molecular complexity index is 1680. The van der Waals surface area contributed by atoms with E-state index in [2.05, 4.69) is 16.0 Å². The van der Waals surface area contributed by atoms with Crippen LogP contribution in [-0.4, -0.2) is 28.4 Å². The molecule has 0 saturated carbocycles. The molecule has 0 fully saturated rings. The number of nitro benzene ring substituents is 1. The number of carbonyl (C=O) groups excluding carboxylic acids is 3. The van der Waals surface area contributed by atoms with Crippen molar-refractivity contribution in [3.63, 3.8) is 0 Å². The minimum atomic E-state index is -0.569. The van der Waals surface area contributed by atoms with Gasteiger partial charge in [0.05, 0.1) is 16.4 Å². The average molecular weight is 601 g/mol. The summed E-state index contributed by atoms with van der Waals surface area (Å²) < 4.78 is 0. The van der Waals surface area contributed by atoms with Crippen molar-refractivity contribution in [1.29, 1.82) is 0 Å². The lowest BCUT2D eigenvalue weighted by Gasteiger charge is -2.13. The Hall–Kier alpha value is -4.93. The second-order valence-corrected chi connectivity index (χ2v) is 10.4. The lowest BCUT2D eigenvalue weighted by molar-refractivity contribution is -0.384. The number of nitrogens with zero attached hydrogens (tertiary/aromatic N) is 1. The van der Waals surface area contributed by atoms with E-state index in [0.29, 0.717) is 38.0 Å². The van der Waals surface area contributed by atoms with Crippen LogP contribution in [0.5, 0.6) is 0 Å².